The molecular formula is C22H24N2O8S2. The van der Waals surface area contributed by atoms with Gasteiger partial charge in [0, 0.05) is 26.2 Å². The van der Waals surface area contributed by atoms with E-state index < -0.39 is 32.1 Å². The Morgan fingerprint density at radius 1 is 0.765 bits per heavy atom. The zero-order chi connectivity index (χ0) is 25.5. The highest BCUT2D eigenvalue weighted by Crippen LogP contribution is 2.18. The first-order valence-corrected chi connectivity index (χ1v) is 12.7. The molecule has 0 spiro atoms. The van der Waals surface area contributed by atoms with Crippen molar-refractivity contribution >= 4 is 32.1 Å². The third-order valence-corrected chi connectivity index (χ3v) is 6.64. The van der Waals surface area contributed by atoms with Crippen LogP contribution in [-0.2, 0) is 42.9 Å². The number of benzene rings is 2. The van der Waals surface area contributed by atoms with Crippen LogP contribution in [0.25, 0.3) is 0 Å². The van der Waals surface area contributed by atoms with E-state index in [1.165, 1.54) is 52.3 Å². The van der Waals surface area contributed by atoms with Gasteiger partial charge in [0.05, 0.1) is 9.79 Å². The van der Waals surface area contributed by atoms with Gasteiger partial charge in [-0.2, -0.15) is 16.8 Å². The lowest BCUT2D eigenvalue weighted by Crippen LogP contribution is -2.39. The summed E-state index contributed by atoms with van der Waals surface area (Å²) in [5.74, 6) is -0.975. The van der Waals surface area contributed by atoms with Crippen molar-refractivity contribution in [3.05, 3.63) is 85.0 Å². The van der Waals surface area contributed by atoms with E-state index in [0.717, 1.165) is 12.2 Å². The van der Waals surface area contributed by atoms with E-state index in [9.17, 15) is 31.0 Å². The van der Waals surface area contributed by atoms with E-state index in [1.54, 1.807) is 6.07 Å². The van der Waals surface area contributed by atoms with Crippen LogP contribution >= 0.6 is 0 Å². The minimum absolute atomic E-state index is 0.00660. The lowest BCUT2D eigenvalue weighted by molar-refractivity contribution is -0.130. The summed E-state index contributed by atoms with van der Waals surface area (Å²) >= 11 is 0. The SMILES string of the molecule is C=CC(=O)N(CCN(Cc1ccccc1S(=O)(=O)O)C(=O)C=C)Cc1ccc(S(=O)(=O)O)cc1. The van der Waals surface area contributed by atoms with Gasteiger partial charge in [0.1, 0.15) is 0 Å². The van der Waals surface area contributed by atoms with Gasteiger partial charge in [0.15, 0.2) is 0 Å². The van der Waals surface area contributed by atoms with Crippen LogP contribution < -0.4 is 0 Å². The van der Waals surface area contributed by atoms with Gasteiger partial charge in [0.2, 0.25) is 11.8 Å². The van der Waals surface area contributed by atoms with E-state index in [4.69, 9.17) is 4.55 Å². The number of carbonyl (C=O) groups is 2. The summed E-state index contributed by atoms with van der Waals surface area (Å²) in [6, 6.07) is 10.9. The fraction of sp³-hybridized carbons (Fsp3) is 0.182. The predicted octanol–water partition coefficient (Wildman–Crippen LogP) is 1.91. The minimum Gasteiger partial charge on any atom is -0.333 e. The number of rotatable bonds is 11. The highest BCUT2D eigenvalue weighted by molar-refractivity contribution is 7.86. The quantitative estimate of drug-likeness (QED) is 0.345. The van der Waals surface area contributed by atoms with Crippen LogP contribution in [0.4, 0.5) is 0 Å². The van der Waals surface area contributed by atoms with Gasteiger partial charge in [-0.25, -0.2) is 0 Å². The van der Waals surface area contributed by atoms with E-state index in [-0.39, 0.29) is 41.5 Å². The van der Waals surface area contributed by atoms with E-state index in [1.807, 2.05) is 0 Å². The zero-order valence-electron chi connectivity index (χ0n) is 18.1. The molecule has 0 aliphatic carbocycles. The summed E-state index contributed by atoms with van der Waals surface area (Å²) in [7, 11) is -8.87. The Kier molecular flexibility index (Phi) is 8.87. The summed E-state index contributed by atoms with van der Waals surface area (Å²) in [5.41, 5.74) is 0.739. The molecule has 2 amide bonds. The zero-order valence-corrected chi connectivity index (χ0v) is 19.7. The Labute approximate surface area is 198 Å². The second kappa shape index (κ2) is 11.2. The normalized spacial score (nSPS) is 11.5. The fourth-order valence-corrected chi connectivity index (χ4v) is 4.31. The van der Waals surface area contributed by atoms with E-state index >= 15 is 0 Å². The summed E-state index contributed by atoms with van der Waals surface area (Å²) in [6.07, 6.45) is 2.13. The van der Waals surface area contributed by atoms with Crippen molar-refractivity contribution in [1.82, 2.24) is 9.80 Å². The van der Waals surface area contributed by atoms with Gasteiger partial charge in [-0.1, -0.05) is 43.5 Å². The first-order chi connectivity index (χ1) is 15.9. The molecule has 0 saturated heterocycles. The van der Waals surface area contributed by atoms with Gasteiger partial charge in [-0.15, -0.1) is 0 Å². The molecule has 0 heterocycles. The topological polar surface area (TPSA) is 149 Å². The Hall–Kier alpha value is -3.32. The Morgan fingerprint density at radius 3 is 1.74 bits per heavy atom. The maximum Gasteiger partial charge on any atom is 0.294 e. The Balaban J connectivity index is 2.24. The van der Waals surface area contributed by atoms with Crippen LogP contribution in [0, 0.1) is 0 Å². The Morgan fingerprint density at radius 2 is 1.26 bits per heavy atom. The average Bonchev–Trinajstić information content (AvgIpc) is 2.79. The fourth-order valence-electron chi connectivity index (χ4n) is 3.11. The van der Waals surface area contributed by atoms with Crippen molar-refractivity contribution < 1.29 is 35.5 Å². The van der Waals surface area contributed by atoms with Gasteiger partial charge in [-0.3, -0.25) is 18.7 Å². The molecule has 2 N–H and O–H groups in total. The molecule has 12 heteroatoms. The standard InChI is InChI=1S/C22H24N2O8S2/c1-3-21(25)23(15-17-9-11-19(12-10-17)33(27,28)29)13-14-24(22(26)4-2)16-18-7-5-6-8-20(18)34(30,31)32/h3-12H,1-2,13-16H2,(H,27,28,29)(H,30,31,32). The molecule has 2 rings (SSSR count). The van der Waals surface area contributed by atoms with Crippen molar-refractivity contribution in [2.75, 3.05) is 13.1 Å². The number of nitrogens with zero attached hydrogens (tertiary/aromatic N) is 2. The molecule has 0 aromatic heterocycles. The molecule has 0 fully saturated rings. The van der Waals surface area contributed by atoms with Crippen molar-refractivity contribution in [3.63, 3.8) is 0 Å². The molecular weight excluding hydrogens is 484 g/mol. The van der Waals surface area contributed by atoms with E-state index in [0.29, 0.717) is 5.56 Å². The number of amides is 2. The molecule has 34 heavy (non-hydrogen) atoms. The summed E-state index contributed by atoms with van der Waals surface area (Å²) in [6.45, 7) is 6.81. The third-order valence-electron chi connectivity index (χ3n) is 4.82. The van der Waals surface area contributed by atoms with Crippen LogP contribution in [0.5, 0.6) is 0 Å². The molecule has 0 atom stereocenters. The van der Waals surface area contributed by atoms with E-state index in [2.05, 4.69) is 13.2 Å². The first kappa shape index (κ1) is 26.9. The minimum atomic E-state index is -4.52. The summed E-state index contributed by atoms with van der Waals surface area (Å²) in [4.78, 5) is 26.8. The van der Waals surface area contributed by atoms with Gasteiger partial charge in [-0.05, 0) is 41.5 Å². The van der Waals surface area contributed by atoms with Crippen molar-refractivity contribution in [2.24, 2.45) is 0 Å². The van der Waals surface area contributed by atoms with Crippen LogP contribution in [0.15, 0.2) is 83.6 Å². The first-order valence-electron chi connectivity index (χ1n) is 9.81. The number of hydrogen-bond donors (Lipinski definition) is 2. The smallest absolute Gasteiger partial charge is 0.294 e. The van der Waals surface area contributed by atoms with Gasteiger partial charge >= 0.3 is 0 Å². The second-order valence-corrected chi connectivity index (χ2v) is 9.94. The second-order valence-electron chi connectivity index (χ2n) is 7.13. The third kappa shape index (κ3) is 7.35. The summed E-state index contributed by atoms with van der Waals surface area (Å²) in [5, 5.41) is 0. The maximum atomic E-state index is 12.4. The predicted molar refractivity (Wildman–Crippen MR) is 124 cm³/mol. The highest BCUT2D eigenvalue weighted by Gasteiger charge is 2.21. The number of hydrogen-bond acceptors (Lipinski definition) is 6. The van der Waals surface area contributed by atoms with Gasteiger partial charge < -0.3 is 9.80 Å². The molecule has 182 valence electrons. The van der Waals surface area contributed by atoms with Crippen LogP contribution in [0.1, 0.15) is 11.1 Å². The van der Waals surface area contributed by atoms with Crippen LogP contribution in [-0.4, -0.2) is 60.6 Å². The molecule has 0 saturated carbocycles. The molecule has 0 radical (unpaired) electrons. The molecule has 2 aromatic carbocycles. The summed E-state index contributed by atoms with van der Waals surface area (Å²) < 4.78 is 64.3. The average molecular weight is 509 g/mol. The molecule has 10 nitrogen and oxygen atoms in total. The molecule has 0 aliphatic rings. The monoisotopic (exact) mass is 508 g/mol. The van der Waals surface area contributed by atoms with Crippen molar-refractivity contribution in [1.29, 1.82) is 0 Å². The maximum absolute atomic E-state index is 12.4. The van der Waals surface area contributed by atoms with Crippen LogP contribution in [0.2, 0.25) is 0 Å². The molecule has 0 aliphatic heterocycles. The molecule has 0 bridgehead atoms. The molecule has 2 aromatic rings. The van der Waals surface area contributed by atoms with Crippen molar-refractivity contribution in [2.45, 2.75) is 22.9 Å². The van der Waals surface area contributed by atoms with Gasteiger partial charge in [0.25, 0.3) is 20.2 Å². The lowest BCUT2D eigenvalue weighted by atomic mass is 10.2. The highest BCUT2D eigenvalue weighted by atomic mass is 32.2. The van der Waals surface area contributed by atoms with Crippen LogP contribution in [0.3, 0.4) is 0 Å². The lowest BCUT2D eigenvalue weighted by Gasteiger charge is -2.27. The molecule has 0 unspecified atom stereocenters. The largest absolute Gasteiger partial charge is 0.333 e. The number of carbonyl (C=O) groups excluding carboxylic acids is 2. The van der Waals surface area contributed by atoms with Crippen molar-refractivity contribution in [3.8, 4) is 0 Å². The Bertz CT molecular complexity index is 1290.